The smallest absolute Gasteiger partial charge is 0.326 e. The van der Waals surface area contributed by atoms with Crippen LogP contribution < -0.4 is 10.1 Å². The summed E-state index contributed by atoms with van der Waals surface area (Å²) in [6.07, 6.45) is 0.808. The molecule has 3 aromatic carbocycles. The van der Waals surface area contributed by atoms with Gasteiger partial charge in [-0.25, -0.2) is 4.79 Å². The number of nitrogens with zero attached hydrogens (tertiary/aromatic N) is 1. The Morgan fingerprint density at radius 1 is 1.00 bits per heavy atom. The number of ether oxygens (including phenoxy) is 1. The van der Waals surface area contributed by atoms with E-state index in [2.05, 4.69) is 26.4 Å². The largest absolute Gasteiger partial charge is 0.493 e. The lowest BCUT2D eigenvalue weighted by Crippen LogP contribution is -2.32. The third kappa shape index (κ3) is 6.58. The van der Waals surface area contributed by atoms with Crippen molar-refractivity contribution < 1.29 is 24.0 Å². The van der Waals surface area contributed by atoms with E-state index >= 15 is 0 Å². The molecule has 0 aliphatic rings. The molecule has 0 spiro atoms. The lowest BCUT2D eigenvalue weighted by Gasteiger charge is -2.18. The van der Waals surface area contributed by atoms with Crippen LogP contribution in [0.25, 0.3) is 0 Å². The molecule has 4 rings (SSSR count). The number of carboxylic acids is 1. The molecule has 1 aromatic heterocycles. The summed E-state index contributed by atoms with van der Waals surface area (Å²) < 4.78 is 11.5. The Bertz CT molecular complexity index is 1290. The zero-order valence-corrected chi connectivity index (χ0v) is 20.3. The topological polar surface area (TPSA) is 102 Å². The van der Waals surface area contributed by atoms with Crippen LogP contribution in [0, 0.1) is 0 Å². The lowest BCUT2D eigenvalue weighted by molar-refractivity contribution is -0.137. The Morgan fingerprint density at radius 2 is 1.71 bits per heavy atom. The summed E-state index contributed by atoms with van der Waals surface area (Å²) >= 11 is 3.24. The van der Waals surface area contributed by atoms with Crippen LogP contribution in [0.4, 0.5) is 5.69 Å². The summed E-state index contributed by atoms with van der Waals surface area (Å²) in [5.41, 5.74) is 2.27. The Labute approximate surface area is 210 Å². The first-order chi connectivity index (χ1) is 17.0. The van der Waals surface area contributed by atoms with Gasteiger partial charge in [0.25, 0.3) is 0 Å². The monoisotopic (exact) mass is 534 g/mol. The van der Waals surface area contributed by atoms with Gasteiger partial charge in [0, 0.05) is 35.7 Å². The summed E-state index contributed by atoms with van der Waals surface area (Å²) in [7, 11) is 0. The number of ketones is 1. The SMILES string of the molecule is O=C(c1ccccc1)c1ccccc1N[C@@H](Cc1ccc(OCCc2cc(Br)no2)cc1)C(=O)O. The summed E-state index contributed by atoms with van der Waals surface area (Å²) in [4.78, 5) is 25.0. The van der Waals surface area contributed by atoms with Crippen LogP contribution in [0.5, 0.6) is 5.75 Å². The van der Waals surface area contributed by atoms with Crippen molar-refractivity contribution in [1.29, 1.82) is 0 Å². The molecule has 0 aliphatic carbocycles. The number of rotatable bonds is 11. The molecule has 0 saturated heterocycles. The predicted molar refractivity (Wildman–Crippen MR) is 135 cm³/mol. The molecule has 0 fully saturated rings. The first-order valence-corrected chi connectivity index (χ1v) is 11.8. The molecule has 178 valence electrons. The van der Waals surface area contributed by atoms with Crippen molar-refractivity contribution in [2.45, 2.75) is 18.9 Å². The van der Waals surface area contributed by atoms with Gasteiger partial charge in [0.2, 0.25) is 0 Å². The van der Waals surface area contributed by atoms with Gasteiger partial charge in [0.05, 0.1) is 6.61 Å². The number of benzene rings is 3. The molecule has 1 heterocycles. The third-order valence-corrected chi connectivity index (χ3v) is 5.72. The number of carbonyl (C=O) groups is 2. The maximum absolute atomic E-state index is 13.0. The van der Waals surface area contributed by atoms with Crippen molar-refractivity contribution in [3.05, 3.63) is 112 Å². The molecule has 2 N–H and O–H groups in total. The highest BCUT2D eigenvalue weighted by Gasteiger charge is 2.21. The summed E-state index contributed by atoms with van der Waals surface area (Å²) in [5, 5.41) is 16.6. The van der Waals surface area contributed by atoms with Crippen LogP contribution >= 0.6 is 15.9 Å². The standard InChI is InChI=1S/C27H23BrN2O5/c28-25-17-21(35-30-25)14-15-34-20-12-10-18(11-13-20)16-24(27(32)33)29-23-9-5-4-8-22(23)26(31)19-6-2-1-3-7-19/h1-13,17,24,29H,14-16H2,(H,32,33)/t24-/m0/s1. The zero-order chi connectivity index (χ0) is 24.6. The number of anilines is 1. The highest BCUT2D eigenvalue weighted by atomic mass is 79.9. The van der Waals surface area contributed by atoms with Gasteiger partial charge in [-0.3, -0.25) is 4.79 Å². The predicted octanol–water partition coefficient (Wildman–Crippen LogP) is 5.40. The van der Waals surface area contributed by atoms with Crippen LogP contribution in [0.15, 0.2) is 94.1 Å². The van der Waals surface area contributed by atoms with Gasteiger partial charge in [0.15, 0.2) is 5.78 Å². The van der Waals surface area contributed by atoms with Gasteiger partial charge in [0.1, 0.15) is 22.2 Å². The number of para-hydroxylation sites is 1. The number of aliphatic carboxylic acids is 1. The van der Waals surface area contributed by atoms with E-state index in [0.717, 1.165) is 11.3 Å². The second-order valence-corrected chi connectivity index (χ2v) is 8.65. The molecule has 7 nitrogen and oxygen atoms in total. The fourth-order valence-corrected chi connectivity index (χ4v) is 3.90. The zero-order valence-electron chi connectivity index (χ0n) is 18.7. The lowest BCUT2D eigenvalue weighted by atomic mass is 10.00. The average molecular weight is 535 g/mol. The van der Waals surface area contributed by atoms with Crippen LogP contribution in [-0.4, -0.2) is 34.7 Å². The summed E-state index contributed by atoms with van der Waals surface area (Å²) in [6, 6.07) is 24.0. The van der Waals surface area contributed by atoms with E-state index in [-0.39, 0.29) is 12.2 Å². The van der Waals surface area contributed by atoms with Crippen molar-refractivity contribution in [3.63, 3.8) is 0 Å². The molecule has 0 saturated carbocycles. The number of hydrogen-bond acceptors (Lipinski definition) is 6. The van der Waals surface area contributed by atoms with Crippen LogP contribution in [0.2, 0.25) is 0 Å². The van der Waals surface area contributed by atoms with E-state index in [1.54, 1.807) is 66.7 Å². The third-order valence-electron chi connectivity index (χ3n) is 5.35. The number of carboxylic acid groups (broad SMARTS) is 1. The van der Waals surface area contributed by atoms with Crippen molar-refractivity contribution in [2.24, 2.45) is 0 Å². The molecule has 0 bridgehead atoms. The molecule has 0 unspecified atom stereocenters. The van der Waals surface area contributed by atoms with E-state index in [0.29, 0.717) is 40.2 Å². The Balaban J connectivity index is 1.40. The fourth-order valence-electron chi connectivity index (χ4n) is 3.57. The highest BCUT2D eigenvalue weighted by Crippen LogP contribution is 2.22. The van der Waals surface area contributed by atoms with Crippen LogP contribution in [0.1, 0.15) is 27.2 Å². The molecule has 8 heteroatoms. The quantitative estimate of drug-likeness (QED) is 0.248. The van der Waals surface area contributed by atoms with Gasteiger partial charge >= 0.3 is 5.97 Å². The van der Waals surface area contributed by atoms with E-state index in [9.17, 15) is 14.7 Å². The van der Waals surface area contributed by atoms with Crippen LogP contribution in [0.3, 0.4) is 0 Å². The first-order valence-electron chi connectivity index (χ1n) is 11.0. The van der Waals surface area contributed by atoms with E-state index in [1.807, 2.05) is 18.2 Å². The molecule has 35 heavy (non-hydrogen) atoms. The van der Waals surface area contributed by atoms with Crippen molar-refractivity contribution in [1.82, 2.24) is 5.16 Å². The minimum Gasteiger partial charge on any atom is -0.493 e. The van der Waals surface area contributed by atoms with Crippen molar-refractivity contribution >= 4 is 33.4 Å². The Kier molecular flexibility index (Phi) is 7.95. The number of hydrogen-bond donors (Lipinski definition) is 2. The normalized spacial score (nSPS) is 11.6. The molecule has 0 aliphatic heterocycles. The number of nitrogens with one attached hydrogen (secondary N) is 1. The summed E-state index contributed by atoms with van der Waals surface area (Å²) in [5.74, 6) is 0.211. The fraction of sp³-hybridized carbons (Fsp3) is 0.148. The molecular weight excluding hydrogens is 512 g/mol. The Morgan fingerprint density at radius 3 is 2.40 bits per heavy atom. The number of carbonyl (C=O) groups excluding carboxylic acids is 1. The van der Waals surface area contributed by atoms with Crippen molar-refractivity contribution in [2.75, 3.05) is 11.9 Å². The number of halogens is 1. The molecule has 4 aromatic rings. The first kappa shape index (κ1) is 24.2. The van der Waals surface area contributed by atoms with E-state index in [4.69, 9.17) is 9.26 Å². The number of aromatic nitrogens is 1. The van der Waals surface area contributed by atoms with Gasteiger partial charge < -0.3 is 19.7 Å². The van der Waals surface area contributed by atoms with Crippen LogP contribution in [-0.2, 0) is 17.6 Å². The highest BCUT2D eigenvalue weighted by molar-refractivity contribution is 9.10. The van der Waals surface area contributed by atoms with Gasteiger partial charge in [-0.15, -0.1) is 0 Å². The second-order valence-electron chi connectivity index (χ2n) is 7.84. The maximum atomic E-state index is 13.0. The van der Waals surface area contributed by atoms with Gasteiger partial charge in [-0.05, 0) is 45.8 Å². The minimum atomic E-state index is -1.01. The van der Waals surface area contributed by atoms with E-state index in [1.165, 1.54) is 0 Å². The molecular formula is C27H23BrN2O5. The Hall–Kier alpha value is -3.91. The molecule has 0 amide bonds. The maximum Gasteiger partial charge on any atom is 0.326 e. The summed E-state index contributed by atoms with van der Waals surface area (Å²) in [6.45, 7) is 0.423. The second kappa shape index (κ2) is 11.5. The average Bonchev–Trinajstić information content (AvgIpc) is 3.30. The van der Waals surface area contributed by atoms with Gasteiger partial charge in [-0.2, -0.15) is 0 Å². The molecule has 0 radical (unpaired) electrons. The van der Waals surface area contributed by atoms with Crippen molar-refractivity contribution in [3.8, 4) is 5.75 Å². The van der Waals surface area contributed by atoms with Gasteiger partial charge in [-0.1, -0.05) is 59.8 Å². The van der Waals surface area contributed by atoms with E-state index < -0.39 is 12.0 Å². The minimum absolute atomic E-state index is 0.169. The molecule has 1 atom stereocenters.